The highest BCUT2D eigenvalue weighted by Gasteiger charge is 2.56. The molecule has 6 heteroatoms. The first-order chi connectivity index (χ1) is 16.1. The van der Waals surface area contributed by atoms with Crippen LogP contribution in [0.2, 0.25) is 0 Å². The SMILES string of the molecule is O=C(N(CCc1csc2nc(-c3ccc(F)cc3)cn12)C1CC1)C12CC3CC(CC(C3)C1)C2. The Morgan fingerprint density at radius 1 is 1.09 bits per heavy atom. The number of imidazole rings is 1. The summed E-state index contributed by atoms with van der Waals surface area (Å²) in [6.07, 6.45) is 12.8. The van der Waals surface area contributed by atoms with Gasteiger partial charge in [-0.05, 0) is 93.4 Å². The van der Waals surface area contributed by atoms with E-state index in [1.807, 2.05) is 0 Å². The van der Waals surface area contributed by atoms with E-state index in [0.717, 1.165) is 79.0 Å². The van der Waals surface area contributed by atoms with Crippen LogP contribution in [0.15, 0.2) is 35.8 Å². The summed E-state index contributed by atoms with van der Waals surface area (Å²) >= 11 is 1.64. The molecule has 0 unspecified atom stereocenters. The van der Waals surface area contributed by atoms with Crippen molar-refractivity contribution in [3.63, 3.8) is 0 Å². The van der Waals surface area contributed by atoms with Crippen molar-refractivity contribution in [2.24, 2.45) is 23.2 Å². The summed E-state index contributed by atoms with van der Waals surface area (Å²) in [5.41, 5.74) is 2.95. The van der Waals surface area contributed by atoms with Gasteiger partial charge in [0.05, 0.1) is 11.1 Å². The summed E-state index contributed by atoms with van der Waals surface area (Å²) in [5.74, 6) is 2.65. The molecule has 5 fully saturated rings. The van der Waals surface area contributed by atoms with Crippen molar-refractivity contribution in [2.75, 3.05) is 6.54 Å². The Bertz CT molecular complexity index is 1170. The molecular formula is C27H30FN3OS. The zero-order valence-corrected chi connectivity index (χ0v) is 19.7. The molecule has 0 saturated heterocycles. The van der Waals surface area contributed by atoms with Crippen LogP contribution in [-0.4, -0.2) is 32.8 Å². The summed E-state index contributed by atoms with van der Waals surface area (Å²) in [4.78, 5) is 22.0. The van der Waals surface area contributed by atoms with E-state index in [0.29, 0.717) is 11.9 Å². The van der Waals surface area contributed by atoms with Crippen LogP contribution in [0.1, 0.15) is 57.1 Å². The van der Waals surface area contributed by atoms with Crippen LogP contribution < -0.4 is 0 Å². The first kappa shape index (κ1) is 20.2. The number of aromatic nitrogens is 2. The normalized spacial score (nSPS) is 30.3. The highest BCUT2D eigenvalue weighted by molar-refractivity contribution is 7.15. The zero-order valence-electron chi connectivity index (χ0n) is 18.9. The van der Waals surface area contributed by atoms with E-state index in [4.69, 9.17) is 4.98 Å². The fourth-order valence-electron chi connectivity index (χ4n) is 7.52. The van der Waals surface area contributed by atoms with Crippen molar-refractivity contribution >= 4 is 22.2 Å². The summed E-state index contributed by atoms with van der Waals surface area (Å²) in [7, 11) is 0. The molecule has 5 aliphatic carbocycles. The van der Waals surface area contributed by atoms with E-state index < -0.39 is 0 Å². The number of benzene rings is 1. The molecule has 172 valence electrons. The molecule has 4 nitrogen and oxygen atoms in total. The predicted molar refractivity (Wildman–Crippen MR) is 128 cm³/mol. The molecule has 0 N–H and O–H groups in total. The lowest BCUT2D eigenvalue weighted by molar-refractivity contribution is -0.158. The molecule has 1 aromatic carbocycles. The average molecular weight is 464 g/mol. The fourth-order valence-corrected chi connectivity index (χ4v) is 8.42. The standard InChI is InChI=1S/C27H30FN3OS/c28-21-3-1-20(2-4-21)24-15-31-23(16-33-26(31)29-24)7-8-30(22-5-6-22)25(32)27-12-17-9-18(13-27)11-19(10-17)14-27/h1-4,15-19,22H,5-14H2. The lowest BCUT2D eigenvalue weighted by atomic mass is 9.49. The van der Waals surface area contributed by atoms with Gasteiger partial charge in [-0.25, -0.2) is 9.37 Å². The van der Waals surface area contributed by atoms with E-state index >= 15 is 0 Å². The van der Waals surface area contributed by atoms with Crippen LogP contribution in [0, 0.1) is 29.0 Å². The van der Waals surface area contributed by atoms with Gasteiger partial charge in [0.2, 0.25) is 5.91 Å². The molecule has 3 aromatic rings. The second-order valence-corrected chi connectivity index (χ2v) is 12.0. The molecule has 0 aliphatic heterocycles. The van der Waals surface area contributed by atoms with Gasteiger partial charge in [0.15, 0.2) is 4.96 Å². The molecule has 5 aliphatic rings. The third kappa shape index (κ3) is 3.44. The highest BCUT2D eigenvalue weighted by Crippen LogP contribution is 2.61. The number of hydrogen-bond acceptors (Lipinski definition) is 3. The van der Waals surface area contributed by atoms with Gasteiger partial charge in [-0.3, -0.25) is 9.20 Å². The van der Waals surface area contributed by atoms with Gasteiger partial charge in [0.25, 0.3) is 0 Å². The van der Waals surface area contributed by atoms with Gasteiger partial charge in [0.1, 0.15) is 5.82 Å². The van der Waals surface area contributed by atoms with Crippen molar-refractivity contribution in [1.82, 2.24) is 14.3 Å². The summed E-state index contributed by atoms with van der Waals surface area (Å²) in [6, 6.07) is 6.97. The van der Waals surface area contributed by atoms with Gasteiger partial charge in [-0.1, -0.05) is 0 Å². The monoisotopic (exact) mass is 463 g/mol. The molecule has 0 radical (unpaired) electrons. The summed E-state index contributed by atoms with van der Waals surface area (Å²) in [5, 5.41) is 2.18. The number of rotatable bonds is 6. The van der Waals surface area contributed by atoms with Gasteiger partial charge in [-0.15, -0.1) is 11.3 Å². The third-order valence-corrected chi connectivity index (χ3v) is 9.66. The zero-order chi connectivity index (χ0) is 22.2. The van der Waals surface area contributed by atoms with E-state index in [1.165, 1.54) is 37.1 Å². The number of thiazole rings is 1. The molecule has 2 aromatic heterocycles. The van der Waals surface area contributed by atoms with Gasteiger partial charge >= 0.3 is 0 Å². The highest BCUT2D eigenvalue weighted by atomic mass is 32.1. The number of carbonyl (C=O) groups excluding carboxylic acids is 1. The maximum atomic E-state index is 14.0. The molecule has 0 spiro atoms. The number of fused-ring (bicyclic) bond motifs is 1. The van der Waals surface area contributed by atoms with Crippen molar-refractivity contribution < 1.29 is 9.18 Å². The van der Waals surface area contributed by atoms with Crippen LogP contribution in [0.25, 0.3) is 16.2 Å². The van der Waals surface area contributed by atoms with E-state index in [1.54, 1.807) is 23.5 Å². The lowest BCUT2D eigenvalue weighted by Gasteiger charge is -2.56. The van der Waals surface area contributed by atoms with Crippen molar-refractivity contribution in [1.29, 1.82) is 0 Å². The van der Waals surface area contributed by atoms with Crippen LogP contribution in [0.4, 0.5) is 4.39 Å². The molecule has 8 rings (SSSR count). The topological polar surface area (TPSA) is 37.6 Å². The van der Waals surface area contributed by atoms with E-state index in [9.17, 15) is 9.18 Å². The largest absolute Gasteiger partial charge is 0.339 e. The van der Waals surface area contributed by atoms with E-state index in [-0.39, 0.29) is 11.2 Å². The molecule has 5 saturated carbocycles. The quantitative estimate of drug-likeness (QED) is 0.453. The Labute approximate surface area is 197 Å². The molecule has 4 bridgehead atoms. The predicted octanol–water partition coefficient (Wildman–Crippen LogP) is 5.95. The van der Waals surface area contributed by atoms with Crippen molar-refractivity contribution in [3.8, 4) is 11.3 Å². The molecule has 1 amide bonds. The second-order valence-electron chi connectivity index (χ2n) is 11.2. The number of halogens is 1. The van der Waals surface area contributed by atoms with Crippen molar-refractivity contribution in [3.05, 3.63) is 47.4 Å². The van der Waals surface area contributed by atoms with Gasteiger partial charge in [-0.2, -0.15) is 0 Å². The summed E-state index contributed by atoms with van der Waals surface area (Å²) < 4.78 is 15.5. The minimum absolute atomic E-state index is 0.0495. The summed E-state index contributed by atoms with van der Waals surface area (Å²) in [6.45, 7) is 0.807. The average Bonchev–Trinajstić information content (AvgIpc) is 3.43. The van der Waals surface area contributed by atoms with E-state index in [2.05, 4.69) is 20.9 Å². The molecule has 33 heavy (non-hydrogen) atoms. The Hall–Kier alpha value is -2.21. The number of nitrogens with zero attached hydrogens (tertiary/aromatic N) is 3. The maximum Gasteiger partial charge on any atom is 0.229 e. The lowest BCUT2D eigenvalue weighted by Crippen LogP contribution is -2.55. The maximum absolute atomic E-state index is 14.0. The van der Waals surface area contributed by atoms with Crippen LogP contribution in [0.5, 0.6) is 0 Å². The molecule has 2 heterocycles. The molecule has 0 atom stereocenters. The smallest absolute Gasteiger partial charge is 0.229 e. The number of amides is 1. The molecular weight excluding hydrogens is 433 g/mol. The van der Waals surface area contributed by atoms with Crippen LogP contribution >= 0.6 is 11.3 Å². The van der Waals surface area contributed by atoms with Crippen LogP contribution in [-0.2, 0) is 11.2 Å². The van der Waals surface area contributed by atoms with Crippen LogP contribution in [0.3, 0.4) is 0 Å². The van der Waals surface area contributed by atoms with Gasteiger partial charge < -0.3 is 4.90 Å². The minimum Gasteiger partial charge on any atom is -0.339 e. The Morgan fingerprint density at radius 2 is 1.76 bits per heavy atom. The fraction of sp³-hybridized carbons (Fsp3) is 0.556. The number of hydrogen-bond donors (Lipinski definition) is 0. The Kier molecular flexibility index (Phi) is 4.52. The third-order valence-electron chi connectivity index (χ3n) is 8.77. The minimum atomic E-state index is -0.232. The van der Waals surface area contributed by atoms with Gasteiger partial charge in [0, 0.05) is 41.8 Å². The first-order valence-electron chi connectivity index (χ1n) is 12.6. The Morgan fingerprint density at radius 3 is 2.39 bits per heavy atom. The second kappa shape index (κ2) is 7.39. The first-order valence-corrected chi connectivity index (χ1v) is 13.5. The number of carbonyl (C=O) groups is 1. The van der Waals surface area contributed by atoms with Crippen molar-refractivity contribution in [2.45, 2.75) is 63.8 Å². The Balaban J connectivity index is 1.11.